The van der Waals surface area contributed by atoms with Crippen LogP contribution in [0.25, 0.3) is 0 Å². The van der Waals surface area contributed by atoms with Crippen LogP contribution in [0.2, 0.25) is 0 Å². The van der Waals surface area contributed by atoms with E-state index in [4.69, 9.17) is 4.74 Å². The molecule has 0 amide bonds. The lowest BCUT2D eigenvalue weighted by atomic mass is 10.1. The minimum absolute atomic E-state index is 0.400. The number of benzene rings is 1. The maximum absolute atomic E-state index is 5.64. The molecule has 0 radical (unpaired) electrons. The molecule has 1 aliphatic heterocycles. The van der Waals surface area contributed by atoms with E-state index in [0.29, 0.717) is 6.04 Å². The molecule has 0 aliphatic carbocycles. The van der Waals surface area contributed by atoms with E-state index in [0.717, 1.165) is 18.9 Å². The number of hydrogen-bond donors (Lipinski definition) is 1. The van der Waals surface area contributed by atoms with Crippen molar-refractivity contribution in [1.82, 2.24) is 5.32 Å². The molecule has 0 aromatic heterocycles. The summed E-state index contributed by atoms with van der Waals surface area (Å²) in [5, 5.41) is 3.59. The highest BCUT2D eigenvalue weighted by Gasteiger charge is 2.22. The summed E-state index contributed by atoms with van der Waals surface area (Å²) in [5.41, 5.74) is 1.32. The SMILES string of the molecule is CCCCCCCNC1COc2ccccc21. The Morgan fingerprint density at radius 3 is 2.88 bits per heavy atom. The minimum Gasteiger partial charge on any atom is -0.491 e. The van der Waals surface area contributed by atoms with Gasteiger partial charge in [0.25, 0.3) is 0 Å². The first-order valence-electron chi connectivity index (χ1n) is 6.87. The van der Waals surface area contributed by atoms with Crippen LogP contribution in [0, 0.1) is 0 Å². The molecule has 1 aromatic carbocycles. The molecule has 1 aromatic rings. The van der Waals surface area contributed by atoms with Gasteiger partial charge in [-0.1, -0.05) is 50.8 Å². The van der Waals surface area contributed by atoms with Gasteiger partial charge in [0.2, 0.25) is 0 Å². The van der Waals surface area contributed by atoms with Gasteiger partial charge in [0.1, 0.15) is 12.4 Å². The van der Waals surface area contributed by atoms with E-state index in [2.05, 4.69) is 30.4 Å². The van der Waals surface area contributed by atoms with E-state index in [1.165, 1.54) is 37.7 Å². The normalized spacial score (nSPS) is 17.8. The Hall–Kier alpha value is -1.02. The Morgan fingerprint density at radius 2 is 2.00 bits per heavy atom. The molecule has 1 heterocycles. The maximum Gasteiger partial charge on any atom is 0.124 e. The molecule has 1 N–H and O–H groups in total. The number of nitrogens with one attached hydrogen (secondary N) is 1. The molecule has 17 heavy (non-hydrogen) atoms. The largest absolute Gasteiger partial charge is 0.491 e. The van der Waals surface area contributed by atoms with Crippen LogP contribution >= 0.6 is 0 Å². The smallest absolute Gasteiger partial charge is 0.124 e. The van der Waals surface area contributed by atoms with Crippen LogP contribution in [0.4, 0.5) is 0 Å². The van der Waals surface area contributed by atoms with Crippen molar-refractivity contribution in [2.45, 2.75) is 45.1 Å². The quantitative estimate of drug-likeness (QED) is 0.725. The summed E-state index contributed by atoms with van der Waals surface area (Å²) in [6, 6.07) is 8.74. The topological polar surface area (TPSA) is 21.3 Å². The number of fused-ring (bicyclic) bond motifs is 1. The fourth-order valence-electron chi connectivity index (χ4n) is 2.34. The molecule has 0 saturated heterocycles. The molecule has 1 aliphatic rings. The average Bonchev–Trinajstić information content (AvgIpc) is 2.77. The van der Waals surface area contributed by atoms with Crippen LogP contribution in [0.5, 0.6) is 5.75 Å². The predicted octanol–water partition coefficient (Wildman–Crippen LogP) is 3.68. The molecule has 0 bridgehead atoms. The van der Waals surface area contributed by atoms with E-state index in [-0.39, 0.29) is 0 Å². The Kier molecular flexibility index (Phi) is 4.87. The Balaban J connectivity index is 1.68. The van der Waals surface area contributed by atoms with Gasteiger partial charge in [-0.25, -0.2) is 0 Å². The second-order valence-corrected chi connectivity index (χ2v) is 4.77. The molecule has 94 valence electrons. The van der Waals surface area contributed by atoms with Crippen molar-refractivity contribution >= 4 is 0 Å². The second-order valence-electron chi connectivity index (χ2n) is 4.77. The Labute approximate surface area is 104 Å². The van der Waals surface area contributed by atoms with Gasteiger partial charge in [0, 0.05) is 5.56 Å². The summed E-state index contributed by atoms with van der Waals surface area (Å²) < 4.78 is 5.64. The van der Waals surface area contributed by atoms with Crippen LogP contribution in [0.15, 0.2) is 24.3 Å². The number of hydrogen-bond acceptors (Lipinski definition) is 2. The first-order chi connectivity index (χ1) is 8.42. The fourth-order valence-corrected chi connectivity index (χ4v) is 2.34. The van der Waals surface area contributed by atoms with Gasteiger partial charge in [-0.3, -0.25) is 0 Å². The predicted molar refractivity (Wildman–Crippen MR) is 71.4 cm³/mol. The van der Waals surface area contributed by atoms with Crippen molar-refractivity contribution in [1.29, 1.82) is 0 Å². The molecule has 0 spiro atoms. The summed E-state index contributed by atoms with van der Waals surface area (Å²) in [7, 11) is 0. The van der Waals surface area contributed by atoms with Crippen LogP contribution in [-0.4, -0.2) is 13.2 Å². The van der Waals surface area contributed by atoms with Gasteiger partial charge in [0.15, 0.2) is 0 Å². The van der Waals surface area contributed by atoms with E-state index >= 15 is 0 Å². The van der Waals surface area contributed by atoms with Gasteiger partial charge in [-0.05, 0) is 19.0 Å². The monoisotopic (exact) mass is 233 g/mol. The highest BCUT2D eigenvalue weighted by atomic mass is 16.5. The third kappa shape index (κ3) is 3.47. The lowest BCUT2D eigenvalue weighted by Crippen LogP contribution is -2.23. The number of para-hydroxylation sites is 1. The zero-order valence-corrected chi connectivity index (χ0v) is 10.7. The third-order valence-corrected chi connectivity index (χ3v) is 3.37. The standard InChI is InChI=1S/C15H23NO/c1-2-3-4-5-8-11-16-14-12-17-15-10-7-6-9-13(14)15/h6-7,9-10,14,16H,2-5,8,11-12H2,1H3. The molecule has 1 unspecified atom stereocenters. The fraction of sp³-hybridized carbons (Fsp3) is 0.600. The van der Waals surface area contributed by atoms with Crippen LogP contribution in [0.1, 0.15) is 50.6 Å². The molecular weight excluding hydrogens is 210 g/mol. The van der Waals surface area contributed by atoms with Gasteiger partial charge in [-0.15, -0.1) is 0 Å². The van der Waals surface area contributed by atoms with Crippen molar-refractivity contribution in [3.63, 3.8) is 0 Å². The number of rotatable bonds is 7. The van der Waals surface area contributed by atoms with E-state index < -0.39 is 0 Å². The zero-order valence-electron chi connectivity index (χ0n) is 10.7. The van der Waals surface area contributed by atoms with Gasteiger partial charge < -0.3 is 10.1 Å². The summed E-state index contributed by atoms with van der Waals surface area (Å²) in [6.07, 6.45) is 6.68. The molecule has 0 fully saturated rings. The maximum atomic E-state index is 5.64. The summed E-state index contributed by atoms with van der Waals surface area (Å²) in [6.45, 7) is 4.14. The van der Waals surface area contributed by atoms with Gasteiger partial charge >= 0.3 is 0 Å². The molecule has 2 nitrogen and oxygen atoms in total. The van der Waals surface area contributed by atoms with Crippen molar-refractivity contribution < 1.29 is 4.74 Å². The van der Waals surface area contributed by atoms with Gasteiger partial charge in [0.05, 0.1) is 6.04 Å². The van der Waals surface area contributed by atoms with Crippen molar-refractivity contribution in [2.24, 2.45) is 0 Å². The first kappa shape index (κ1) is 12.4. The Bertz CT molecular complexity index is 337. The van der Waals surface area contributed by atoms with Crippen molar-refractivity contribution in [3.05, 3.63) is 29.8 Å². The highest BCUT2D eigenvalue weighted by molar-refractivity contribution is 5.39. The lowest BCUT2D eigenvalue weighted by Gasteiger charge is -2.11. The Morgan fingerprint density at radius 1 is 1.18 bits per heavy atom. The number of ether oxygens (including phenoxy) is 1. The average molecular weight is 233 g/mol. The zero-order chi connectivity index (χ0) is 11.9. The van der Waals surface area contributed by atoms with Crippen LogP contribution in [0.3, 0.4) is 0 Å². The number of unbranched alkanes of at least 4 members (excludes halogenated alkanes) is 4. The first-order valence-corrected chi connectivity index (χ1v) is 6.87. The summed E-state index contributed by atoms with van der Waals surface area (Å²) in [5.74, 6) is 1.05. The van der Waals surface area contributed by atoms with Gasteiger partial charge in [-0.2, -0.15) is 0 Å². The molecule has 2 heteroatoms. The van der Waals surface area contributed by atoms with E-state index in [1.807, 2.05) is 6.07 Å². The molecule has 2 rings (SSSR count). The molecular formula is C15H23NO. The third-order valence-electron chi connectivity index (χ3n) is 3.37. The minimum atomic E-state index is 0.400. The molecule has 0 saturated carbocycles. The summed E-state index contributed by atoms with van der Waals surface area (Å²) in [4.78, 5) is 0. The van der Waals surface area contributed by atoms with E-state index in [1.54, 1.807) is 0 Å². The highest BCUT2D eigenvalue weighted by Crippen LogP contribution is 2.31. The van der Waals surface area contributed by atoms with Crippen molar-refractivity contribution in [3.8, 4) is 5.75 Å². The lowest BCUT2D eigenvalue weighted by molar-refractivity contribution is 0.310. The van der Waals surface area contributed by atoms with E-state index in [9.17, 15) is 0 Å². The summed E-state index contributed by atoms with van der Waals surface area (Å²) >= 11 is 0. The van der Waals surface area contributed by atoms with Crippen LogP contribution < -0.4 is 10.1 Å². The molecule has 1 atom stereocenters. The van der Waals surface area contributed by atoms with Crippen LogP contribution in [-0.2, 0) is 0 Å². The second kappa shape index (κ2) is 6.65. The van der Waals surface area contributed by atoms with Crippen molar-refractivity contribution in [2.75, 3.05) is 13.2 Å².